The summed E-state index contributed by atoms with van der Waals surface area (Å²) >= 11 is 0. The molecule has 0 bridgehead atoms. The molecule has 2 nitrogen and oxygen atoms in total. The van der Waals surface area contributed by atoms with Crippen molar-refractivity contribution >= 4 is 5.78 Å². The minimum absolute atomic E-state index is 0.264. The monoisotopic (exact) mass is 153 g/mol. The third kappa shape index (κ3) is 2.37. The topological polar surface area (TPSA) is 29.1 Å². The molecule has 0 aliphatic carbocycles. The quantitative estimate of drug-likeness (QED) is 0.653. The van der Waals surface area contributed by atoms with E-state index in [1.54, 1.807) is 6.08 Å². The molecule has 11 heavy (non-hydrogen) atoms. The van der Waals surface area contributed by atoms with Gasteiger partial charge in [-0.3, -0.25) is 4.79 Å². The van der Waals surface area contributed by atoms with Gasteiger partial charge in [-0.2, -0.15) is 0 Å². The maximum atomic E-state index is 11.0. The Balaban J connectivity index is 2.50. The fourth-order valence-electron chi connectivity index (χ4n) is 1.48. The second kappa shape index (κ2) is 3.56. The lowest BCUT2D eigenvalue weighted by molar-refractivity contribution is -0.115. The Labute approximate surface area is 67.7 Å². The van der Waals surface area contributed by atoms with E-state index in [1.807, 2.05) is 6.92 Å². The summed E-state index contributed by atoms with van der Waals surface area (Å²) in [6, 6.07) is 0.387. The zero-order valence-corrected chi connectivity index (χ0v) is 7.18. The smallest absolute Gasteiger partial charge is 0.159 e. The van der Waals surface area contributed by atoms with E-state index in [0.29, 0.717) is 12.5 Å². The van der Waals surface area contributed by atoms with Crippen LogP contribution in [0.4, 0.5) is 0 Å². The fourth-order valence-corrected chi connectivity index (χ4v) is 1.48. The van der Waals surface area contributed by atoms with Gasteiger partial charge in [-0.25, -0.2) is 0 Å². The van der Waals surface area contributed by atoms with Crippen LogP contribution in [0.25, 0.3) is 0 Å². The summed E-state index contributed by atoms with van der Waals surface area (Å²) in [5.74, 6) is 0.264. The molecule has 0 spiro atoms. The average Bonchev–Trinajstić information content (AvgIpc) is 1.85. The first-order valence-corrected chi connectivity index (χ1v) is 4.20. The zero-order valence-electron chi connectivity index (χ0n) is 7.18. The van der Waals surface area contributed by atoms with Gasteiger partial charge in [-0.1, -0.05) is 13.3 Å². The van der Waals surface area contributed by atoms with Gasteiger partial charge in [0.2, 0.25) is 0 Å². The maximum Gasteiger partial charge on any atom is 0.159 e. The molecule has 0 aromatic heterocycles. The summed E-state index contributed by atoms with van der Waals surface area (Å²) in [4.78, 5) is 11.0. The molecule has 1 heterocycles. The molecule has 1 aliphatic rings. The number of hydrogen-bond acceptors (Lipinski definition) is 2. The van der Waals surface area contributed by atoms with Gasteiger partial charge in [-0.05, 0) is 19.4 Å². The molecule has 0 unspecified atom stereocenters. The Bertz CT molecular complexity index is 184. The highest BCUT2D eigenvalue weighted by atomic mass is 16.1. The van der Waals surface area contributed by atoms with Crippen LogP contribution in [0.3, 0.4) is 0 Å². The van der Waals surface area contributed by atoms with Gasteiger partial charge in [-0.15, -0.1) is 0 Å². The number of carbonyl (C=O) groups is 1. The molecular weight excluding hydrogens is 138 g/mol. The van der Waals surface area contributed by atoms with E-state index in [2.05, 4.69) is 12.2 Å². The molecule has 0 amide bonds. The van der Waals surface area contributed by atoms with Crippen molar-refractivity contribution < 1.29 is 4.79 Å². The van der Waals surface area contributed by atoms with Crippen molar-refractivity contribution in [3.63, 3.8) is 0 Å². The molecular formula is C9H15NO. The van der Waals surface area contributed by atoms with Crippen LogP contribution in [-0.2, 0) is 4.79 Å². The molecule has 2 heteroatoms. The average molecular weight is 153 g/mol. The minimum atomic E-state index is 0.264. The van der Waals surface area contributed by atoms with E-state index in [1.165, 1.54) is 0 Å². The zero-order chi connectivity index (χ0) is 8.27. The molecule has 1 rings (SSSR count). The SMILES string of the molecule is CCC[C@H]1CC(=O)C=C(C)N1. The third-order valence-corrected chi connectivity index (χ3v) is 1.89. The summed E-state index contributed by atoms with van der Waals surface area (Å²) < 4.78 is 0. The summed E-state index contributed by atoms with van der Waals surface area (Å²) in [7, 11) is 0. The predicted octanol–water partition coefficient (Wildman–Crippen LogP) is 1.62. The first-order chi connectivity index (χ1) is 5.22. The molecule has 0 saturated heterocycles. The molecule has 0 fully saturated rings. The Kier molecular flexibility index (Phi) is 2.69. The van der Waals surface area contributed by atoms with Crippen LogP contribution in [0.2, 0.25) is 0 Å². The Morgan fingerprint density at radius 3 is 3.00 bits per heavy atom. The minimum Gasteiger partial charge on any atom is -0.385 e. The van der Waals surface area contributed by atoms with E-state index < -0.39 is 0 Å². The Morgan fingerprint density at radius 2 is 2.45 bits per heavy atom. The molecule has 1 atom stereocenters. The second-order valence-corrected chi connectivity index (χ2v) is 3.13. The van der Waals surface area contributed by atoms with Gasteiger partial charge in [0.25, 0.3) is 0 Å². The summed E-state index contributed by atoms with van der Waals surface area (Å²) in [5, 5.41) is 3.29. The van der Waals surface area contributed by atoms with Gasteiger partial charge < -0.3 is 5.32 Å². The van der Waals surface area contributed by atoms with Crippen LogP contribution in [-0.4, -0.2) is 11.8 Å². The van der Waals surface area contributed by atoms with E-state index in [-0.39, 0.29) is 5.78 Å². The van der Waals surface area contributed by atoms with Crippen molar-refractivity contribution in [1.82, 2.24) is 5.32 Å². The number of allylic oxidation sites excluding steroid dienone is 2. The van der Waals surface area contributed by atoms with Crippen LogP contribution in [0.1, 0.15) is 33.1 Å². The normalized spacial score (nSPS) is 24.4. The van der Waals surface area contributed by atoms with Crippen molar-refractivity contribution in [2.75, 3.05) is 0 Å². The van der Waals surface area contributed by atoms with Crippen LogP contribution >= 0.6 is 0 Å². The number of ketones is 1. The molecule has 62 valence electrons. The molecule has 0 radical (unpaired) electrons. The summed E-state index contributed by atoms with van der Waals surface area (Å²) in [6.07, 6.45) is 4.59. The summed E-state index contributed by atoms with van der Waals surface area (Å²) in [5.41, 5.74) is 1.01. The van der Waals surface area contributed by atoms with Crippen molar-refractivity contribution in [3.05, 3.63) is 11.8 Å². The van der Waals surface area contributed by atoms with Crippen LogP contribution < -0.4 is 5.32 Å². The standard InChI is InChI=1S/C9H15NO/c1-3-4-8-6-9(11)5-7(2)10-8/h5,8,10H,3-4,6H2,1-2H3/t8-/m0/s1. The van der Waals surface area contributed by atoms with Crippen LogP contribution in [0.15, 0.2) is 11.8 Å². The number of hydrogen-bond donors (Lipinski definition) is 1. The lowest BCUT2D eigenvalue weighted by Gasteiger charge is -2.22. The Morgan fingerprint density at radius 1 is 1.73 bits per heavy atom. The maximum absolute atomic E-state index is 11.0. The number of nitrogens with one attached hydrogen (secondary N) is 1. The predicted molar refractivity (Wildman–Crippen MR) is 45.2 cm³/mol. The van der Waals surface area contributed by atoms with Crippen molar-refractivity contribution in [1.29, 1.82) is 0 Å². The van der Waals surface area contributed by atoms with Gasteiger partial charge in [0.05, 0.1) is 0 Å². The van der Waals surface area contributed by atoms with Gasteiger partial charge in [0, 0.05) is 18.2 Å². The lowest BCUT2D eigenvalue weighted by atomic mass is 10.0. The second-order valence-electron chi connectivity index (χ2n) is 3.13. The van der Waals surface area contributed by atoms with E-state index in [9.17, 15) is 4.79 Å². The first-order valence-electron chi connectivity index (χ1n) is 4.20. The van der Waals surface area contributed by atoms with Gasteiger partial charge in [0.1, 0.15) is 0 Å². The lowest BCUT2D eigenvalue weighted by Crippen LogP contribution is -2.33. The highest BCUT2D eigenvalue weighted by molar-refractivity contribution is 5.91. The highest BCUT2D eigenvalue weighted by Gasteiger charge is 2.15. The third-order valence-electron chi connectivity index (χ3n) is 1.89. The van der Waals surface area contributed by atoms with Crippen molar-refractivity contribution in [3.8, 4) is 0 Å². The number of carbonyl (C=O) groups excluding carboxylic acids is 1. The van der Waals surface area contributed by atoms with Gasteiger partial charge in [0.15, 0.2) is 5.78 Å². The van der Waals surface area contributed by atoms with Crippen molar-refractivity contribution in [2.24, 2.45) is 0 Å². The summed E-state index contributed by atoms with van der Waals surface area (Å²) in [6.45, 7) is 4.08. The van der Waals surface area contributed by atoms with Gasteiger partial charge >= 0.3 is 0 Å². The first kappa shape index (κ1) is 8.31. The Hall–Kier alpha value is -0.790. The largest absolute Gasteiger partial charge is 0.385 e. The molecule has 1 aliphatic heterocycles. The molecule has 0 aromatic carbocycles. The van der Waals surface area contributed by atoms with Crippen LogP contribution in [0, 0.1) is 0 Å². The van der Waals surface area contributed by atoms with Crippen molar-refractivity contribution in [2.45, 2.75) is 39.2 Å². The van der Waals surface area contributed by atoms with E-state index in [0.717, 1.165) is 18.5 Å². The fraction of sp³-hybridized carbons (Fsp3) is 0.667. The molecule has 1 N–H and O–H groups in total. The van der Waals surface area contributed by atoms with E-state index >= 15 is 0 Å². The van der Waals surface area contributed by atoms with E-state index in [4.69, 9.17) is 0 Å². The number of rotatable bonds is 2. The van der Waals surface area contributed by atoms with Crippen LogP contribution in [0.5, 0.6) is 0 Å². The molecule has 0 aromatic rings. The highest BCUT2D eigenvalue weighted by Crippen LogP contribution is 2.10. The molecule has 0 saturated carbocycles.